The predicted molar refractivity (Wildman–Crippen MR) is 73.4 cm³/mol. The van der Waals surface area contributed by atoms with Crippen molar-refractivity contribution >= 4 is 16.9 Å². The molecule has 0 amide bonds. The summed E-state index contributed by atoms with van der Waals surface area (Å²) < 4.78 is 5.20. The van der Waals surface area contributed by atoms with Gasteiger partial charge in [0, 0.05) is 12.7 Å². The van der Waals surface area contributed by atoms with Gasteiger partial charge in [-0.05, 0) is 24.6 Å². The molecular weight excluding hydrogens is 268 g/mol. The summed E-state index contributed by atoms with van der Waals surface area (Å²) >= 11 is 0.950. The van der Waals surface area contributed by atoms with E-state index in [1.165, 1.54) is 25.1 Å². The summed E-state index contributed by atoms with van der Waals surface area (Å²) in [4.78, 5) is 10.8. The molecule has 0 radical (unpaired) electrons. The van der Waals surface area contributed by atoms with Gasteiger partial charge in [-0.25, -0.2) is 0 Å². The van der Waals surface area contributed by atoms with Crippen LogP contribution in [-0.2, 0) is 4.79 Å². The average Bonchev–Trinajstić information content (AvgIpc) is 2.38. The highest BCUT2D eigenvalue weighted by Crippen LogP contribution is 2.30. The SMILES string of the molecule is CCOc1cc(C(O)C(O)CSC(C)=O)ccc1O. The van der Waals surface area contributed by atoms with E-state index in [9.17, 15) is 20.1 Å². The minimum absolute atomic E-state index is 0.0228. The van der Waals surface area contributed by atoms with Gasteiger partial charge < -0.3 is 20.1 Å². The second-order valence-corrected chi connectivity index (χ2v) is 5.17. The molecule has 0 saturated carbocycles. The normalized spacial score (nSPS) is 13.9. The van der Waals surface area contributed by atoms with E-state index in [1.54, 1.807) is 6.92 Å². The van der Waals surface area contributed by atoms with Gasteiger partial charge in [-0.15, -0.1) is 0 Å². The number of hydrogen-bond donors (Lipinski definition) is 3. The molecule has 1 aromatic rings. The van der Waals surface area contributed by atoms with Gasteiger partial charge >= 0.3 is 0 Å². The maximum Gasteiger partial charge on any atom is 0.185 e. The molecule has 0 aromatic heterocycles. The number of carbonyl (C=O) groups excluding carboxylic acids is 1. The lowest BCUT2D eigenvalue weighted by molar-refractivity contribution is -0.109. The summed E-state index contributed by atoms with van der Waals surface area (Å²) in [6, 6.07) is 4.38. The van der Waals surface area contributed by atoms with Crippen LogP contribution in [0.25, 0.3) is 0 Å². The molecule has 106 valence electrons. The molecule has 19 heavy (non-hydrogen) atoms. The van der Waals surface area contributed by atoms with E-state index >= 15 is 0 Å². The van der Waals surface area contributed by atoms with Crippen LogP contribution in [-0.4, -0.2) is 38.9 Å². The first-order chi connectivity index (χ1) is 8.95. The Labute approximate surface area is 116 Å². The highest BCUT2D eigenvalue weighted by molar-refractivity contribution is 8.13. The highest BCUT2D eigenvalue weighted by Gasteiger charge is 2.20. The van der Waals surface area contributed by atoms with Gasteiger partial charge in [-0.1, -0.05) is 17.8 Å². The van der Waals surface area contributed by atoms with E-state index < -0.39 is 12.2 Å². The van der Waals surface area contributed by atoms with Crippen molar-refractivity contribution < 1.29 is 24.9 Å². The standard InChI is InChI=1S/C13H18O5S/c1-3-18-12-6-9(4-5-10(12)15)13(17)11(16)7-19-8(2)14/h4-6,11,13,15-17H,3,7H2,1-2H3. The van der Waals surface area contributed by atoms with Crippen molar-refractivity contribution in [3.63, 3.8) is 0 Å². The summed E-state index contributed by atoms with van der Waals surface area (Å²) in [5.41, 5.74) is 0.429. The molecule has 3 N–H and O–H groups in total. The molecule has 0 spiro atoms. The minimum Gasteiger partial charge on any atom is -0.504 e. The molecule has 2 atom stereocenters. The van der Waals surface area contributed by atoms with Crippen LogP contribution in [0.4, 0.5) is 0 Å². The van der Waals surface area contributed by atoms with E-state index in [4.69, 9.17) is 4.74 Å². The number of benzene rings is 1. The largest absolute Gasteiger partial charge is 0.504 e. The van der Waals surface area contributed by atoms with Crippen LogP contribution in [0.3, 0.4) is 0 Å². The Kier molecular flexibility index (Phi) is 6.14. The molecule has 0 aliphatic rings. The first kappa shape index (κ1) is 15.8. The van der Waals surface area contributed by atoms with Crippen molar-refractivity contribution in [2.75, 3.05) is 12.4 Å². The zero-order chi connectivity index (χ0) is 14.4. The fraction of sp³-hybridized carbons (Fsp3) is 0.462. The van der Waals surface area contributed by atoms with Crippen LogP contribution in [0.2, 0.25) is 0 Å². The molecule has 2 unspecified atom stereocenters. The summed E-state index contributed by atoms with van der Waals surface area (Å²) in [5, 5.41) is 29.2. The molecule has 5 nitrogen and oxygen atoms in total. The first-order valence-electron chi connectivity index (χ1n) is 5.91. The Balaban J connectivity index is 2.78. The molecule has 0 aliphatic heterocycles. The Bertz CT molecular complexity index is 435. The Morgan fingerprint density at radius 3 is 2.68 bits per heavy atom. The second-order valence-electron chi connectivity index (χ2n) is 3.97. The van der Waals surface area contributed by atoms with E-state index in [1.807, 2.05) is 0 Å². The van der Waals surface area contributed by atoms with Crippen LogP contribution in [0.5, 0.6) is 11.5 Å². The van der Waals surface area contributed by atoms with E-state index in [0.29, 0.717) is 12.2 Å². The number of aliphatic hydroxyl groups is 2. The van der Waals surface area contributed by atoms with Crippen LogP contribution in [0, 0.1) is 0 Å². The monoisotopic (exact) mass is 286 g/mol. The molecule has 1 rings (SSSR count). The van der Waals surface area contributed by atoms with E-state index in [2.05, 4.69) is 0 Å². The number of ether oxygens (including phenoxy) is 1. The third-order valence-corrected chi connectivity index (χ3v) is 3.36. The highest BCUT2D eigenvalue weighted by atomic mass is 32.2. The first-order valence-corrected chi connectivity index (χ1v) is 6.89. The lowest BCUT2D eigenvalue weighted by atomic mass is 10.0. The predicted octanol–water partition coefficient (Wildman–Crippen LogP) is 1.46. The van der Waals surface area contributed by atoms with Crippen molar-refractivity contribution in [3.8, 4) is 11.5 Å². The number of aromatic hydroxyl groups is 1. The topological polar surface area (TPSA) is 87.0 Å². The van der Waals surface area contributed by atoms with Gasteiger partial charge in [0.25, 0.3) is 0 Å². The minimum atomic E-state index is -1.13. The summed E-state index contributed by atoms with van der Waals surface area (Å²) in [5.74, 6) is 0.345. The number of hydrogen-bond acceptors (Lipinski definition) is 6. The molecular formula is C13H18O5S. The van der Waals surface area contributed by atoms with Crippen molar-refractivity contribution in [3.05, 3.63) is 23.8 Å². The van der Waals surface area contributed by atoms with E-state index in [-0.39, 0.29) is 22.4 Å². The number of aliphatic hydroxyl groups excluding tert-OH is 2. The fourth-order valence-electron chi connectivity index (χ4n) is 1.50. The van der Waals surface area contributed by atoms with Crippen LogP contribution < -0.4 is 4.74 Å². The van der Waals surface area contributed by atoms with Gasteiger partial charge in [0.05, 0.1) is 12.7 Å². The number of carbonyl (C=O) groups is 1. The maximum absolute atomic E-state index is 10.8. The van der Waals surface area contributed by atoms with Crippen molar-refractivity contribution in [2.45, 2.75) is 26.1 Å². The smallest absolute Gasteiger partial charge is 0.185 e. The van der Waals surface area contributed by atoms with Crippen LogP contribution in [0.1, 0.15) is 25.5 Å². The van der Waals surface area contributed by atoms with Gasteiger partial charge in [-0.2, -0.15) is 0 Å². The third-order valence-electron chi connectivity index (χ3n) is 2.45. The number of rotatable bonds is 6. The molecule has 0 heterocycles. The molecule has 0 fully saturated rings. The Morgan fingerprint density at radius 1 is 1.42 bits per heavy atom. The third kappa shape index (κ3) is 4.74. The molecule has 6 heteroatoms. The molecule has 1 aromatic carbocycles. The quantitative estimate of drug-likeness (QED) is 0.734. The maximum atomic E-state index is 10.8. The number of phenolic OH excluding ortho intramolecular Hbond substituents is 1. The number of thioether (sulfide) groups is 1. The number of phenols is 1. The van der Waals surface area contributed by atoms with E-state index in [0.717, 1.165) is 11.8 Å². The fourth-order valence-corrected chi connectivity index (χ4v) is 2.09. The lowest BCUT2D eigenvalue weighted by Gasteiger charge is -2.18. The zero-order valence-electron chi connectivity index (χ0n) is 10.9. The van der Waals surface area contributed by atoms with Crippen molar-refractivity contribution in [2.24, 2.45) is 0 Å². The van der Waals surface area contributed by atoms with Crippen LogP contribution in [0.15, 0.2) is 18.2 Å². The summed E-state index contributed by atoms with van der Waals surface area (Å²) in [7, 11) is 0. The summed E-state index contributed by atoms with van der Waals surface area (Å²) in [6.45, 7) is 3.56. The van der Waals surface area contributed by atoms with Gasteiger partial charge in [0.2, 0.25) is 0 Å². The molecule has 0 aliphatic carbocycles. The van der Waals surface area contributed by atoms with Crippen molar-refractivity contribution in [1.82, 2.24) is 0 Å². The molecule has 0 saturated heterocycles. The summed E-state index contributed by atoms with van der Waals surface area (Å²) in [6.07, 6.45) is -2.19. The van der Waals surface area contributed by atoms with Gasteiger partial charge in [-0.3, -0.25) is 4.79 Å². The lowest BCUT2D eigenvalue weighted by Crippen LogP contribution is -2.21. The Morgan fingerprint density at radius 2 is 2.11 bits per heavy atom. The average molecular weight is 286 g/mol. The van der Waals surface area contributed by atoms with Crippen molar-refractivity contribution in [1.29, 1.82) is 0 Å². The zero-order valence-corrected chi connectivity index (χ0v) is 11.7. The van der Waals surface area contributed by atoms with Gasteiger partial charge in [0.15, 0.2) is 16.6 Å². The second kappa shape index (κ2) is 7.37. The Hall–Kier alpha value is -1.24. The van der Waals surface area contributed by atoms with Crippen LogP contribution >= 0.6 is 11.8 Å². The molecule has 0 bridgehead atoms. The van der Waals surface area contributed by atoms with Gasteiger partial charge in [0.1, 0.15) is 6.10 Å².